The van der Waals surface area contributed by atoms with Crippen molar-refractivity contribution in [1.82, 2.24) is 0 Å². The van der Waals surface area contributed by atoms with Crippen LogP contribution in [0.3, 0.4) is 0 Å². The Labute approximate surface area is 113 Å². The van der Waals surface area contributed by atoms with Crippen LogP contribution in [0.5, 0.6) is 5.75 Å². The maximum Gasteiger partial charge on any atom is 0.335 e. The molecule has 0 aromatic heterocycles. The minimum Gasteiger partial charge on any atom is -0.495 e. The van der Waals surface area contributed by atoms with Gasteiger partial charge in [-0.2, -0.15) is 0 Å². The Balaban J connectivity index is 1.83. The molecular formula is C15H19NO3. The summed E-state index contributed by atoms with van der Waals surface area (Å²) in [5, 5.41) is 9.09. The molecule has 19 heavy (non-hydrogen) atoms. The van der Waals surface area contributed by atoms with Crippen molar-refractivity contribution in [2.75, 3.05) is 25.1 Å². The lowest BCUT2D eigenvalue weighted by molar-refractivity contribution is 0.0697. The van der Waals surface area contributed by atoms with E-state index in [-0.39, 0.29) is 0 Å². The minimum atomic E-state index is -0.889. The Bertz CT molecular complexity index is 498. The van der Waals surface area contributed by atoms with Gasteiger partial charge >= 0.3 is 5.97 Å². The number of methoxy groups -OCH3 is 1. The van der Waals surface area contributed by atoms with Crippen LogP contribution in [0.15, 0.2) is 18.2 Å². The largest absolute Gasteiger partial charge is 0.495 e. The van der Waals surface area contributed by atoms with E-state index in [1.54, 1.807) is 25.3 Å². The fourth-order valence-electron chi connectivity index (χ4n) is 3.45. The van der Waals surface area contributed by atoms with Gasteiger partial charge in [-0.3, -0.25) is 0 Å². The number of anilines is 1. The SMILES string of the molecule is COc1ccc(C(=O)O)cc1N1CC2(CCCC2)C1. The molecule has 102 valence electrons. The van der Waals surface area contributed by atoms with Crippen molar-refractivity contribution in [2.45, 2.75) is 25.7 Å². The maximum atomic E-state index is 11.1. The third-order valence-electron chi connectivity index (χ3n) is 4.48. The van der Waals surface area contributed by atoms with Crippen LogP contribution >= 0.6 is 0 Å². The van der Waals surface area contributed by atoms with Gasteiger partial charge in [0.05, 0.1) is 18.4 Å². The van der Waals surface area contributed by atoms with Crippen LogP contribution in [-0.4, -0.2) is 31.3 Å². The topological polar surface area (TPSA) is 49.8 Å². The molecule has 1 aliphatic heterocycles. The molecule has 0 bridgehead atoms. The summed E-state index contributed by atoms with van der Waals surface area (Å²) in [6.45, 7) is 2.07. The zero-order valence-corrected chi connectivity index (χ0v) is 11.2. The summed E-state index contributed by atoms with van der Waals surface area (Å²) >= 11 is 0. The monoisotopic (exact) mass is 261 g/mol. The van der Waals surface area contributed by atoms with Gasteiger partial charge in [0.2, 0.25) is 0 Å². The van der Waals surface area contributed by atoms with E-state index >= 15 is 0 Å². The maximum absolute atomic E-state index is 11.1. The summed E-state index contributed by atoms with van der Waals surface area (Å²) in [5.41, 5.74) is 1.73. The highest BCUT2D eigenvalue weighted by Crippen LogP contribution is 2.48. The lowest BCUT2D eigenvalue weighted by Crippen LogP contribution is -2.55. The van der Waals surface area contributed by atoms with E-state index in [1.165, 1.54) is 25.7 Å². The second-order valence-corrected chi connectivity index (χ2v) is 5.75. The van der Waals surface area contributed by atoms with Crippen LogP contribution in [0.4, 0.5) is 5.69 Å². The molecule has 1 aromatic carbocycles. The van der Waals surface area contributed by atoms with Gasteiger partial charge in [0.25, 0.3) is 0 Å². The van der Waals surface area contributed by atoms with Crippen LogP contribution in [0.1, 0.15) is 36.0 Å². The number of hydrogen-bond acceptors (Lipinski definition) is 3. The third-order valence-corrected chi connectivity index (χ3v) is 4.48. The molecule has 1 spiro atoms. The highest BCUT2D eigenvalue weighted by molar-refractivity contribution is 5.89. The molecule has 4 heteroatoms. The van der Waals surface area contributed by atoms with Crippen LogP contribution in [0.2, 0.25) is 0 Å². The lowest BCUT2D eigenvalue weighted by Gasteiger charge is -2.50. The standard InChI is InChI=1S/C15H19NO3/c1-19-13-5-4-11(14(17)18)8-12(13)16-9-15(10-16)6-2-3-7-15/h4-5,8H,2-3,6-7,9-10H2,1H3,(H,17,18). The van der Waals surface area contributed by atoms with Crippen LogP contribution in [-0.2, 0) is 0 Å². The van der Waals surface area contributed by atoms with E-state index in [9.17, 15) is 4.79 Å². The van der Waals surface area contributed by atoms with E-state index < -0.39 is 5.97 Å². The summed E-state index contributed by atoms with van der Waals surface area (Å²) in [5.74, 6) is -0.127. The number of rotatable bonds is 3. The number of aromatic carboxylic acids is 1. The number of carbonyl (C=O) groups is 1. The van der Waals surface area contributed by atoms with E-state index in [4.69, 9.17) is 9.84 Å². The summed E-state index contributed by atoms with van der Waals surface area (Å²) < 4.78 is 5.35. The summed E-state index contributed by atoms with van der Waals surface area (Å²) in [7, 11) is 1.63. The predicted molar refractivity (Wildman–Crippen MR) is 73.1 cm³/mol. The molecule has 1 N–H and O–H groups in total. The van der Waals surface area contributed by atoms with Gasteiger partial charge in [-0.1, -0.05) is 12.8 Å². The Morgan fingerprint density at radius 2 is 2.00 bits per heavy atom. The summed E-state index contributed by atoms with van der Waals surface area (Å²) in [6, 6.07) is 5.07. The molecule has 4 nitrogen and oxygen atoms in total. The third kappa shape index (κ3) is 2.05. The summed E-state index contributed by atoms with van der Waals surface area (Å²) in [4.78, 5) is 13.3. The first-order valence-electron chi connectivity index (χ1n) is 6.80. The molecule has 0 atom stereocenters. The Morgan fingerprint density at radius 1 is 1.32 bits per heavy atom. The van der Waals surface area contributed by atoms with E-state index in [0.717, 1.165) is 24.5 Å². The van der Waals surface area contributed by atoms with Crippen LogP contribution < -0.4 is 9.64 Å². The zero-order chi connectivity index (χ0) is 13.5. The fourth-order valence-corrected chi connectivity index (χ4v) is 3.45. The molecular weight excluding hydrogens is 242 g/mol. The molecule has 1 aliphatic carbocycles. The van der Waals surface area contributed by atoms with Crippen LogP contribution in [0, 0.1) is 5.41 Å². The first kappa shape index (κ1) is 12.3. The van der Waals surface area contributed by atoms with Crippen molar-refractivity contribution in [2.24, 2.45) is 5.41 Å². The molecule has 1 aromatic rings. The number of ether oxygens (including phenoxy) is 1. The van der Waals surface area contributed by atoms with Gasteiger partial charge in [0.1, 0.15) is 5.75 Å². The molecule has 2 fully saturated rings. The van der Waals surface area contributed by atoms with Gasteiger partial charge in [-0.15, -0.1) is 0 Å². The molecule has 2 aliphatic rings. The van der Waals surface area contributed by atoms with Crippen molar-refractivity contribution >= 4 is 11.7 Å². The zero-order valence-electron chi connectivity index (χ0n) is 11.2. The molecule has 0 radical (unpaired) electrons. The minimum absolute atomic E-state index is 0.322. The van der Waals surface area contributed by atoms with E-state index in [1.807, 2.05) is 0 Å². The molecule has 0 amide bonds. The van der Waals surface area contributed by atoms with E-state index in [0.29, 0.717) is 11.0 Å². The molecule has 1 saturated heterocycles. The van der Waals surface area contributed by atoms with E-state index in [2.05, 4.69) is 4.90 Å². The van der Waals surface area contributed by atoms with Gasteiger partial charge in [-0.05, 0) is 31.0 Å². The number of carboxylic acids is 1. The normalized spacial score (nSPS) is 20.4. The smallest absolute Gasteiger partial charge is 0.335 e. The summed E-state index contributed by atoms with van der Waals surface area (Å²) in [6.07, 6.45) is 5.29. The Kier molecular flexibility index (Phi) is 2.88. The highest BCUT2D eigenvalue weighted by Gasteiger charge is 2.45. The van der Waals surface area contributed by atoms with Gasteiger partial charge < -0.3 is 14.7 Å². The fraction of sp³-hybridized carbons (Fsp3) is 0.533. The van der Waals surface area contributed by atoms with Crippen molar-refractivity contribution in [3.8, 4) is 5.75 Å². The molecule has 0 unspecified atom stereocenters. The lowest BCUT2D eigenvalue weighted by atomic mass is 9.78. The number of carboxylic acid groups (broad SMARTS) is 1. The van der Waals surface area contributed by atoms with Crippen molar-refractivity contribution in [3.63, 3.8) is 0 Å². The predicted octanol–water partition coefficient (Wildman–Crippen LogP) is 2.77. The number of nitrogens with zero attached hydrogens (tertiary/aromatic N) is 1. The van der Waals surface area contributed by atoms with Gasteiger partial charge in [0, 0.05) is 18.5 Å². The van der Waals surface area contributed by atoms with Crippen molar-refractivity contribution in [3.05, 3.63) is 23.8 Å². The first-order valence-corrected chi connectivity index (χ1v) is 6.80. The van der Waals surface area contributed by atoms with Gasteiger partial charge in [-0.25, -0.2) is 4.79 Å². The first-order chi connectivity index (χ1) is 9.13. The average molecular weight is 261 g/mol. The molecule has 1 saturated carbocycles. The highest BCUT2D eigenvalue weighted by atomic mass is 16.5. The van der Waals surface area contributed by atoms with Gasteiger partial charge in [0.15, 0.2) is 0 Å². The van der Waals surface area contributed by atoms with Crippen LogP contribution in [0.25, 0.3) is 0 Å². The average Bonchev–Trinajstić information content (AvgIpc) is 2.85. The number of hydrogen-bond donors (Lipinski definition) is 1. The Morgan fingerprint density at radius 3 is 2.58 bits per heavy atom. The molecule has 3 rings (SSSR count). The Hall–Kier alpha value is -1.71. The van der Waals surface area contributed by atoms with Crippen molar-refractivity contribution in [1.29, 1.82) is 0 Å². The van der Waals surface area contributed by atoms with Crippen molar-refractivity contribution < 1.29 is 14.6 Å². The second kappa shape index (κ2) is 4.44. The number of benzene rings is 1. The quantitative estimate of drug-likeness (QED) is 0.909. The molecule has 1 heterocycles. The second-order valence-electron chi connectivity index (χ2n) is 5.75.